The molecule has 4 aromatic rings. The first-order chi connectivity index (χ1) is 14.4. The number of aryl methyl sites for hydroxylation is 3. The maximum absolute atomic E-state index is 14.0. The molecule has 0 saturated carbocycles. The van der Waals surface area contributed by atoms with Crippen molar-refractivity contribution >= 4 is 17.2 Å². The third kappa shape index (κ3) is 4.10. The highest BCUT2D eigenvalue weighted by Gasteiger charge is 2.22. The van der Waals surface area contributed by atoms with Gasteiger partial charge < -0.3 is 9.72 Å². The molecule has 4 nitrogen and oxygen atoms in total. The van der Waals surface area contributed by atoms with E-state index in [4.69, 9.17) is 0 Å². The van der Waals surface area contributed by atoms with Crippen molar-refractivity contribution in [3.8, 4) is 0 Å². The maximum atomic E-state index is 14.0. The number of nitrogens with zero attached hydrogens (tertiary/aromatic N) is 2. The molecule has 4 rings (SSSR count). The summed E-state index contributed by atoms with van der Waals surface area (Å²) < 4.78 is 15.9. The first-order valence-electron chi connectivity index (χ1n) is 9.97. The van der Waals surface area contributed by atoms with Crippen LogP contribution in [0.25, 0.3) is 5.65 Å². The summed E-state index contributed by atoms with van der Waals surface area (Å²) >= 11 is 0. The van der Waals surface area contributed by atoms with Crippen molar-refractivity contribution < 1.29 is 9.18 Å². The summed E-state index contributed by atoms with van der Waals surface area (Å²) in [6.07, 6.45) is 3.90. The number of rotatable bonds is 5. The molecule has 0 fully saturated rings. The number of benzene rings is 2. The molecule has 0 spiro atoms. The summed E-state index contributed by atoms with van der Waals surface area (Å²) in [5.74, 6) is -0.781. The van der Waals surface area contributed by atoms with Crippen LogP contribution in [0.5, 0.6) is 0 Å². The van der Waals surface area contributed by atoms with Gasteiger partial charge in [-0.2, -0.15) is 0 Å². The third-order valence-electron chi connectivity index (χ3n) is 5.49. The number of aromatic nitrogens is 2. The number of anilines is 1. The second-order valence-electron chi connectivity index (χ2n) is 7.77. The first kappa shape index (κ1) is 19.8. The number of halogens is 1. The van der Waals surface area contributed by atoms with Gasteiger partial charge in [-0.05, 0) is 79.4 Å². The predicted molar refractivity (Wildman–Crippen MR) is 117 cm³/mol. The molecule has 1 amide bonds. The van der Waals surface area contributed by atoms with Gasteiger partial charge in [-0.3, -0.25) is 4.79 Å². The monoisotopic (exact) mass is 401 g/mol. The Balaban J connectivity index is 1.68. The van der Waals surface area contributed by atoms with Crippen LogP contribution in [0.4, 0.5) is 10.1 Å². The van der Waals surface area contributed by atoms with E-state index in [9.17, 15) is 9.18 Å². The summed E-state index contributed by atoms with van der Waals surface area (Å²) in [4.78, 5) is 17.4. The predicted octanol–water partition coefficient (Wildman–Crippen LogP) is 5.56. The fraction of sp³-hybridized carbons (Fsp3) is 0.200. The van der Waals surface area contributed by atoms with E-state index in [2.05, 4.69) is 10.3 Å². The zero-order chi connectivity index (χ0) is 21.3. The Hall–Kier alpha value is -3.47. The molecule has 2 aromatic heterocycles. The maximum Gasteiger partial charge on any atom is 0.225 e. The van der Waals surface area contributed by atoms with Crippen molar-refractivity contribution in [3.63, 3.8) is 0 Å². The molecule has 1 N–H and O–H groups in total. The van der Waals surface area contributed by atoms with Gasteiger partial charge in [0.15, 0.2) is 0 Å². The topological polar surface area (TPSA) is 46.4 Å². The zero-order valence-electron chi connectivity index (χ0n) is 17.3. The number of carbonyl (C=O) groups excluding carboxylic acids is 1. The summed E-state index contributed by atoms with van der Waals surface area (Å²) in [7, 11) is 0. The smallest absolute Gasteiger partial charge is 0.225 e. The first-order valence-corrected chi connectivity index (χ1v) is 9.97. The van der Waals surface area contributed by atoms with E-state index in [0.717, 1.165) is 33.7 Å². The molecule has 2 aromatic carbocycles. The lowest BCUT2D eigenvalue weighted by Crippen LogP contribution is -2.17. The van der Waals surface area contributed by atoms with E-state index in [1.165, 1.54) is 17.7 Å². The molecule has 0 unspecified atom stereocenters. The van der Waals surface area contributed by atoms with Crippen LogP contribution in [0.1, 0.15) is 40.3 Å². The minimum Gasteiger partial charge on any atom is -0.326 e. The minimum absolute atomic E-state index is 0.130. The molecular formula is C25H24FN3O. The molecule has 0 radical (unpaired) electrons. The van der Waals surface area contributed by atoms with E-state index in [1.807, 2.05) is 67.8 Å². The average molecular weight is 401 g/mol. The molecule has 0 saturated heterocycles. The molecule has 1 atom stereocenters. The Labute approximate surface area is 175 Å². The second-order valence-corrected chi connectivity index (χ2v) is 7.77. The van der Waals surface area contributed by atoms with Gasteiger partial charge in [0.25, 0.3) is 0 Å². The molecular weight excluding hydrogens is 377 g/mol. The average Bonchev–Trinajstić information content (AvgIpc) is 3.11. The summed E-state index contributed by atoms with van der Waals surface area (Å²) in [5, 5.41) is 2.98. The van der Waals surface area contributed by atoms with Gasteiger partial charge in [0, 0.05) is 30.4 Å². The lowest BCUT2D eigenvalue weighted by atomic mass is 9.92. The summed E-state index contributed by atoms with van der Waals surface area (Å²) in [5.41, 5.74) is 6.56. The van der Waals surface area contributed by atoms with Gasteiger partial charge in [0.2, 0.25) is 5.91 Å². The van der Waals surface area contributed by atoms with Crippen LogP contribution in [0.2, 0.25) is 0 Å². The highest BCUT2D eigenvalue weighted by Crippen LogP contribution is 2.30. The van der Waals surface area contributed by atoms with Gasteiger partial charge in [-0.1, -0.05) is 18.2 Å². The van der Waals surface area contributed by atoms with Crippen LogP contribution in [-0.2, 0) is 4.79 Å². The van der Waals surface area contributed by atoms with Gasteiger partial charge in [0.1, 0.15) is 11.5 Å². The van der Waals surface area contributed by atoms with Gasteiger partial charge in [-0.25, -0.2) is 9.37 Å². The lowest BCUT2D eigenvalue weighted by Gasteiger charge is -2.18. The standard InChI is InChI=1S/C25H24FN3O/c1-16-9-10-29-23(15-27-24(29)11-16)22(19-5-4-6-20(26)13-19)14-25(30)28-21-8-7-17(2)18(3)12-21/h4-13,15,22H,14H2,1-3H3,(H,28,30)/t22-/m0/s1. The van der Waals surface area contributed by atoms with Crippen molar-refractivity contribution in [1.82, 2.24) is 9.38 Å². The Morgan fingerprint density at radius 3 is 2.67 bits per heavy atom. The third-order valence-corrected chi connectivity index (χ3v) is 5.49. The van der Waals surface area contributed by atoms with E-state index in [1.54, 1.807) is 12.3 Å². The number of hydrogen-bond acceptors (Lipinski definition) is 2. The van der Waals surface area contributed by atoms with Crippen molar-refractivity contribution in [1.29, 1.82) is 0 Å². The number of pyridine rings is 1. The highest BCUT2D eigenvalue weighted by molar-refractivity contribution is 5.91. The molecule has 30 heavy (non-hydrogen) atoms. The number of imidazole rings is 1. The van der Waals surface area contributed by atoms with Crippen molar-refractivity contribution in [2.45, 2.75) is 33.1 Å². The Morgan fingerprint density at radius 2 is 1.90 bits per heavy atom. The van der Waals surface area contributed by atoms with Crippen LogP contribution >= 0.6 is 0 Å². The number of nitrogens with one attached hydrogen (secondary N) is 1. The molecule has 2 heterocycles. The number of hydrogen-bond donors (Lipinski definition) is 1. The van der Waals surface area contributed by atoms with Crippen LogP contribution in [0.3, 0.4) is 0 Å². The summed E-state index contributed by atoms with van der Waals surface area (Å²) in [6, 6.07) is 16.3. The van der Waals surface area contributed by atoms with Gasteiger partial charge in [-0.15, -0.1) is 0 Å². The lowest BCUT2D eigenvalue weighted by molar-refractivity contribution is -0.116. The van der Waals surface area contributed by atoms with Crippen molar-refractivity contribution in [2.24, 2.45) is 0 Å². The van der Waals surface area contributed by atoms with Gasteiger partial charge >= 0.3 is 0 Å². The molecule has 0 aliphatic rings. The van der Waals surface area contributed by atoms with E-state index < -0.39 is 0 Å². The molecule has 152 valence electrons. The Kier molecular flexibility index (Phi) is 5.36. The van der Waals surface area contributed by atoms with Crippen molar-refractivity contribution in [2.75, 3.05) is 5.32 Å². The van der Waals surface area contributed by atoms with Crippen LogP contribution in [-0.4, -0.2) is 15.3 Å². The zero-order valence-corrected chi connectivity index (χ0v) is 17.3. The number of carbonyl (C=O) groups is 1. The highest BCUT2D eigenvalue weighted by atomic mass is 19.1. The van der Waals surface area contributed by atoms with E-state index in [0.29, 0.717) is 0 Å². The minimum atomic E-state index is -0.329. The van der Waals surface area contributed by atoms with E-state index in [-0.39, 0.29) is 24.1 Å². The fourth-order valence-electron chi connectivity index (χ4n) is 3.69. The molecule has 0 bridgehead atoms. The normalized spacial score (nSPS) is 12.1. The van der Waals surface area contributed by atoms with Crippen molar-refractivity contribution in [3.05, 3.63) is 101 Å². The van der Waals surface area contributed by atoms with Crippen LogP contribution in [0, 0.1) is 26.6 Å². The second kappa shape index (κ2) is 8.11. The van der Waals surface area contributed by atoms with E-state index >= 15 is 0 Å². The molecule has 0 aliphatic carbocycles. The van der Waals surface area contributed by atoms with Crippen LogP contribution < -0.4 is 5.32 Å². The SMILES string of the molecule is Cc1ccn2c([C@@H](CC(=O)Nc3ccc(C)c(C)c3)c3cccc(F)c3)cnc2c1. The Bertz CT molecular complexity index is 1230. The van der Waals surface area contributed by atoms with Crippen LogP contribution in [0.15, 0.2) is 67.0 Å². The number of amides is 1. The summed E-state index contributed by atoms with van der Waals surface area (Å²) in [6.45, 7) is 6.06. The van der Waals surface area contributed by atoms with Gasteiger partial charge in [0.05, 0.1) is 5.69 Å². The molecule has 5 heteroatoms. The molecule has 0 aliphatic heterocycles. The quantitative estimate of drug-likeness (QED) is 0.476. The Morgan fingerprint density at radius 1 is 1.07 bits per heavy atom. The number of fused-ring (bicyclic) bond motifs is 1. The largest absolute Gasteiger partial charge is 0.326 e. The fourth-order valence-corrected chi connectivity index (χ4v) is 3.69.